The summed E-state index contributed by atoms with van der Waals surface area (Å²) in [5, 5.41) is 3.42. The summed E-state index contributed by atoms with van der Waals surface area (Å²) < 4.78 is 2.08. The minimum Gasteiger partial charge on any atom is -0.313 e. The molecule has 0 saturated carbocycles. The molecule has 1 rings (SSSR count). The molecule has 0 heterocycles. The molecule has 0 spiro atoms. The van der Waals surface area contributed by atoms with Crippen LogP contribution in [0.15, 0.2) is 40.5 Å². The van der Waals surface area contributed by atoms with Gasteiger partial charge in [0.15, 0.2) is 0 Å². The topological polar surface area (TPSA) is 12.0 Å². The fourth-order valence-electron chi connectivity index (χ4n) is 1.24. The van der Waals surface area contributed by atoms with E-state index >= 15 is 0 Å². The molecule has 1 aromatic carbocycles. The van der Waals surface area contributed by atoms with Crippen LogP contribution in [0.4, 0.5) is 0 Å². The zero-order valence-corrected chi connectivity index (χ0v) is 10.4. The Morgan fingerprint density at radius 2 is 2.00 bits per heavy atom. The summed E-state index contributed by atoms with van der Waals surface area (Å²) in [5.41, 5.74) is 1.36. The lowest BCUT2D eigenvalue weighted by Crippen LogP contribution is -2.14. The summed E-state index contributed by atoms with van der Waals surface area (Å²) in [6, 6.07) is 10.5. The highest BCUT2D eigenvalue weighted by Crippen LogP contribution is 1.98. The average molecular weight is 301 g/mol. The van der Waals surface area contributed by atoms with Crippen molar-refractivity contribution in [3.63, 3.8) is 0 Å². The zero-order valence-electron chi connectivity index (χ0n) is 8.25. The molecule has 0 unspecified atom stereocenters. The molecule has 0 aliphatic rings. The van der Waals surface area contributed by atoms with Crippen LogP contribution in [0.5, 0.6) is 0 Å². The van der Waals surface area contributed by atoms with Crippen molar-refractivity contribution in [1.29, 1.82) is 0 Å². The Hall–Kier alpha value is -0.350. The Balaban J connectivity index is 2.05. The molecule has 0 saturated heterocycles. The molecule has 0 radical (unpaired) electrons. The fourth-order valence-corrected chi connectivity index (χ4v) is 1.60. The average Bonchev–Trinajstić information content (AvgIpc) is 2.25. The van der Waals surface area contributed by atoms with E-state index in [2.05, 4.69) is 68.4 Å². The van der Waals surface area contributed by atoms with Crippen LogP contribution in [0.25, 0.3) is 0 Å². The van der Waals surface area contributed by atoms with Crippen LogP contribution in [0, 0.1) is 0 Å². The van der Waals surface area contributed by atoms with Gasteiger partial charge in [-0.3, -0.25) is 0 Å². The van der Waals surface area contributed by atoms with Crippen LogP contribution in [-0.2, 0) is 6.54 Å². The second kappa shape index (κ2) is 8.00. The summed E-state index contributed by atoms with van der Waals surface area (Å²) in [5.74, 6) is 0. The number of benzene rings is 1. The molecule has 0 atom stereocenters. The maximum Gasteiger partial charge on any atom is 0.0205 e. The van der Waals surface area contributed by atoms with E-state index in [1.807, 2.05) is 0 Å². The first-order valence-corrected chi connectivity index (χ1v) is 6.18. The van der Waals surface area contributed by atoms with Crippen LogP contribution < -0.4 is 5.32 Å². The second-order valence-electron chi connectivity index (χ2n) is 3.17. The number of hydrogen-bond donors (Lipinski definition) is 1. The minimum atomic E-state index is 0.981. The SMILES string of the molecule is I/C=C/CCCNCc1ccccc1. The maximum absolute atomic E-state index is 3.42. The minimum absolute atomic E-state index is 0.981. The summed E-state index contributed by atoms with van der Waals surface area (Å²) in [6.07, 6.45) is 4.59. The molecule has 1 N–H and O–H groups in total. The molecule has 0 aliphatic heterocycles. The van der Waals surface area contributed by atoms with Crippen LogP contribution in [-0.4, -0.2) is 6.54 Å². The van der Waals surface area contributed by atoms with Crippen molar-refractivity contribution in [3.05, 3.63) is 46.1 Å². The van der Waals surface area contributed by atoms with Gasteiger partial charge in [0, 0.05) is 6.54 Å². The van der Waals surface area contributed by atoms with Gasteiger partial charge in [-0.25, -0.2) is 0 Å². The third-order valence-electron chi connectivity index (χ3n) is 1.99. The van der Waals surface area contributed by atoms with Crippen molar-refractivity contribution in [3.8, 4) is 0 Å². The van der Waals surface area contributed by atoms with Crippen molar-refractivity contribution >= 4 is 22.6 Å². The monoisotopic (exact) mass is 301 g/mol. The van der Waals surface area contributed by atoms with Gasteiger partial charge in [-0.1, -0.05) is 59.0 Å². The first-order valence-electron chi connectivity index (χ1n) is 4.93. The Kier molecular flexibility index (Phi) is 6.70. The third-order valence-corrected chi connectivity index (χ3v) is 2.49. The lowest BCUT2D eigenvalue weighted by molar-refractivity contribution is 0.655. The second-order valence-corrected chi connectivity index (χ2v) is 3.89. The maximum atomic E-state index is 3.42. The molecule has 0 amide bonds. The summed E-state index contributed by atoms with van der Waals surface area (Å²) >= 11 is 2.26. The highest BCUT2D eigenvalue weighted by Gasteiger charge is 1.89. The van der Waals surface area contributed by atoms with Crippen molar-refractivity contribution in [1.82, 2.24) is 5.32 Å². The fraction of sp³-hybridized carbons (Fsp3) is 0.333. The van der Waals surface area contributed by atoms with Crippen molar-refractivity contribution < 1.29 is 0 Å². The van der Waals surface area contributed by atoms with E-state index in [-0.39, 0.29) is 0 Å². The van der Waals surface area contributed by atoms with Gasteiger partial charge in [-0.05, 0) is 29.0 Å². The largest absolute Gasteiger partial charge is 0.313 e. The van der Waals surface area contributed by atoms with Gasteiger partial charge in [-0.15, -0.1) is 0 Å². The quantitative estimate of drug-likeness (QED) is 0.626. The molecular weight excluding hydrogens is 285 g/mol. The summed E-state index contributed by atoms with van der Waals surface area (Å²) in [4.78, 5) is 0. The highest BCUT2D eigenvalue weighted by molar-refractivity contribution is 14.1. The van der Waals surface area contributed by atoms with E-state index in [1.54, 1.807) is 0 Å². The first kappa shape index (κ1) is 11.7. The normalized spacial score (nSPS) is 10.9. The molecule has 0 aromatic heterocycles. The lowest BCUT2D eigenvalue weighted by Gasteiger charge is -2.02. The number of rotatable bonds is 6. The predicted molar refractivity (Wildman–Crippen MR) is 70.5 cm³/mol. The van der Waals surface area contributed by atoms with E-state index in [4.69, 9.17) is 0 Å². The number of nitrogens with one attached hydrogen (secondary N) is 1. The van der Waals surface area contributed by atoms with Crippen LogP contribution in [0.2, 0.25) is 0 Å². The first-order chi connectivity index (χ1) is 6.93. The van der Waals surface area contributed by atoms with Gasteiger partial charge < -0.3 is 5.32 Å². The van der Waals surface area contributed by atoms with E-state index in [0.717, 1.165) is 13.1 Å². The molecule has 14 heavy (non-hydrogen) atoms. The van der Waals surface area contributed by atoms with Crippen LogP contribution in [0.1, 0.15) is 18.4 Å². The van der Waals surface area contributed by atoms with Gasteiger partial charge in [0.05, 0.1) is 0 Å². The molecule has 0 fully saturated rings. The highest BCUT2D eigenvalue weighted by atomic mass is 127. The lowest BCUT2D eigenvalue weighted by atomic mass is 10.2. The van der Waals surface area contributed by atoms with Crippen molar-refractivity contribution in [2.75, 3.05) is 6.54 Å². The zero-order chi connectivity index (χ0) is 10.1. The number of halogens is 1. The molecule has 1 aromatic rings. The standard InChI is InChI=1S/C12H16IN/c13-9-5-2-6-10-14-11-12-7-3-1-4-8-12/h1,3-5,7-9,14H,2,6,10-11H2/b9-5+. The van der Waals surface area contributed by atoms with Gasteiger partial charge in [0.25, 0.3) is 0 Å². The van der Waals surface area contributed by atoms with Crippen molar-refractivity contribution in [2.24, 2.45) is 0 Å². The van der Waals surface area contributed by atoms with Crippen LogP contribution >= 0.6 is 22.6 Å². The smallest absolute Gasteiger partial charge is 0.0205 e. The Morgan fingerprint density at radius 1 is 1.21 bits per heavy atom. The van der Waals surface area contributed by atoms with Crippen LogP contribution in [0.3, 0.4) is 0 Å². The summed E-state index contributed by atoms with van der Waals surface area (Å²) in [6.45, 7) is 2.07. The van der Waals surface area contributed by atoms with E-state index in [1.165, 1.54) is 18.4 Å². The van der Waals surface area contributed by atoms with E-state index in [9.17, 15) is 0 Å². The molecule has 1 nitrogen and oxygen atoms in total. The van der Waals surface area contributed by atoms with E-state index < -0.39 is 0 Å². The molecule has 0 bridgehead atoms. The van der Waals surface area contributed by atoms with E-state index in [0.29, 0.717) is 0 Å². The molecule has 0 aliphatic carbocycles. The number of allylic oxidation sites excluding steroid dienone is 1. The third kappa shape index (κ3) is 5.40. The Morgan fingerprint density at radius 3 is 2.71 bits per heavy atom. The van der Waals surface area contributed by atoms with Gasteiger partial charge in [0.2, 0.25) is 0 Å². The van der Waals surface area contributed by atoms with Crippen molar-refractivity contribution in [2.45, 2.75) is 19.4 Å². The summed E-state index contributed by atoms with van der Waals surface area (Å²) in [7, 11) is 0. The van der Waals surface area contributed by atoms with Gasteiger partial charge in [0.1, 0.15) is 0 Å². The molecule has 2 heteroatoms. The molecular formula is C12H16IN. The number of hydrogen-bond acceptors (Lipinski definition) is 1. The predicted octanol–water partition coefficient (Wildman–Crippen LogP) is 3.51. The van der Waals surface area contributed by atoms with Gasteiger partial charge >= 0.3 is 0 Å². The number of unbranched alkanes of at least 4 members (excludes halogenated alkanes) is 1. The van der Waals surface area contributed by atoms with Gasteiger partial charge in [-0.2, -0.15) is 0 Å². The Labute approximate surface area is 99.7 Å². The molecule has 76 valence electrons. The Bertz CT molecular complexity index is 256.